The van der Waals surface area contributed by atoms with Crippen LogP contribution < -0.4 is 10.6 Å². The predicted octanol–water partition coefficient (Wildman–Crippen LogP) is 1.63. The molecule has 106 valence electrons. The Bertz CT molecular complexity index is 566. The summed E-state index contributed by atoms with van der Waals surface area (Å²) in [7, 11) is 1.51. The van der Waals surface area contributed by atoms with E-state index in [1.54, 1.807) is 0 Å². The molecule has 5 nitrogen and oxygen atoms in total. The first-order chi connectivity index (χ1) is 9.51. The molecule has 1 heterocycles. The van der Waals surface area contributed by atoms with Gasteiger partial charge >= 0.3 is 5.97 Å². The van der Waals surface area contributed by atoms with Gasteiger partial charge in [-0.05, 0) is 24.7 Å². The van der Waals surface area contributed by atoms with Crippen molar-refractivity contribution in [3.8, 4) is 0 Å². The minimum Gasteiger partial charge on any atom is -0.481 e. The third kappa shape index (κ3) is 3.15. The second kappa shape index (κ2) is 6.02. The summed E-state index contributed by atoms with van der Waals surface area (Å²) in [5.74, 6) is -0.914. The smallest absolute Gasteiger partial charge is 0.307 e. The highest BCUT2D eigenvalue weighted by Crippen LogP contribution is 2.25. The normalized spacial score (nSPS) is 18.5. The van der Waals surface area contributed by atoms with Crippen molar-refractivity contribution in [1.82, 2.24) is 10.6 Å². The van der Waals surface area contributed by atoms with Crippen LogP contribution in [0.15, 0.2) is 29.8 Å². The fourth-order valence-electron chi connectivity index (χ4n) is 2.09. The molecule has 1 atom stereocenters. The second-order valence-corrected chi connectivity index (χ2v) is 4.96. The summed E-state index contributed by atoms with van der Waals surface area (Å²) >= 11 is 5.13. The number of hydrogen-bond acceptors (Lipinski definition) is 3. The fourth-order valence-corrected chi connectivity index (χ4v) is 2.30. The molecule has 1 aromatic rings. The number of rotatable bonds is 4. The van der Waals surface area contributed by atoms with Crippen molar-refractivity contribution in [2.45, 2.75) is 19.6 Å². The van der Waals surface area contributed by atoms with E-state index in [-0.39, 0.29) is 6.42 Å². The Morgan fingerprint density at radius 3 is 2.60 bits per heavy atom. The van der Waals surface area contributed by atoms with Gasteiger partial charge in [0, 0.05) is 12.7 Å². The molecule has 1 unspecified atom stereocenters. The van der Waals surface area contributed by atoms with E-state index in [9.17, 15) is 4.79 Å². The molecule has 0 fully saturated rings. The third-order valence-corrected chi connectivity index (χ3v) is 3.28. The van der Waals surface area contributed by atoms with Gasteiger partial charge in [0.05, 0.1) is 12.1 Å². The lowest BCUT2D eigenvalue weighted by molar-refractivity contribution is -0.136. The van der Waals surface area contributed by atoms with Gasteiger partial charge in [0.1, 0.15) is 0 Å². The quantitative estimate of drug-likeness (QED) is 0.733. The van der Waals surface area contributed by atoms with Gasteiger partial charge in [-0.1, -0.05) is 29.8 Å². The molecule has 0 radical (unpaired) electrons. The average Bonchev–Trinajstić information content (AvgIpc) is 2.40. The van der Waals surface area contributed by atoms with Crippen LogP contribution in [0, 0.1) is 6.92 Å². The van der Waals surface area contributed by atoms with Gasteiger partial charge in [0.25, 0.3) is 0 Å². The zero-order chi connectivity index (χ0) is 14.7. The second-order valence-electron chi connectivity index (χ2n) is 4.55. The van der Waals surface area contributed by atoms with Crippen molar-refractivity contribution in [1.29, 1.82) is 0 Å². The maximum absolute atomic E-state index is 11.1. The molecule has 3 N–H and O–H groups in total. The van der Waals surface area contributed by atoms with Crippen molar-refractivity contribution >= 4 is 29.0 Å². The van der Waals surface area contributed by atoms with Gasteiger partial charge in [0.2, 0.25) is 0 Å². The van der Waals surface area contributed by atoms with E-state index < -0.39 is 12.2 Å². The molecule has 6 heteroatoms. The van der Waals surface area contributed by atoms with E-state index in [1.165, 1.54) is 7.11 Å². The highest BCUT2D eigenvalue weighted by atomic mass is 32.1. The van der Waals surface area contributed by atoms with E-state index in [4.69, 9.17) is 22.1 Å². The van der Waals surface area contributed by atoms with Crippen LogP contribution in [0.4, 0.5) is 0 Å². The van der Waals surface area contributed by atoms with Crippen LogP contribution in [-0.2, 0) is 9.53 Å². The van der Waals surface area contributed by atoms with Gasteiger partial charge in [-0.25, -0.2) is 0 Å². The monoisotopic (exact) mass is 292 g/mol. The molecule has 0 saturated carbocycles. The van der Waals surface area contributed by atoms with E-state index >= 15 is 0 Å². The first-order valence-corrected chi connectivity index (χ1v) is 6.54. The minimum atomic E-state index is -0.914. The zero-order valence-corrected chi connectivity index (χ0v) is 12.1. The topological polar surface area (TPSA) is 70.6 Å². The van der Waals surface area contributed by atoms with Gasteiger partial charge in [0.15, 0.2) is 11.3 Å². The standard InChI is InChI=1S/C14H16N2O3S/c1-8-3-5-9(6-4-8)12-10(7-11(17)18)13(19-2)16-14(20)15-12/h3-6,13H,7H2,1-2H3,(H,17,18)(H2,15,16,20). The van der Waals surface area contributed by atoms with Crippen LogP contribution in [-0.4, -0.2) is 29.5 Å². The Labute approximate surface area is 122 Å². The van der Waals surface area contributed by atoms with E-state index in [2.05, 4.69) is 10.6 Å². The molecule has 1 aromatic carbocycles. The number of carbonyl (C=O) groups is 1. The Morgan fingerprint density at radius 2 is 2.05 bits per heavy atom. The molecule has 1 aliphatic heterocycles. The number of aliphatic carboxylic acids is 1. The number of methoxy groups -OCH3 is 1. The highest BCUT2D eigenvalue weighted by molar-refractivity contribution is 7.80. The summed E-state index contributed by atoms with van der Waals surface area (Å²) in [6, 6.07) is 7.80. The highest BCUT2D eigenvalue weighted by Gasteiger charge is 2.27. The lowest BCUT2D eigenvalue weighted by Crippen LogP contribution is -2.49. The zero-order valence-electron chi connectivity index (χ0n) is 11.3. The Morgan fingerprint density at radius 1 is 1.40 bits per heavy atom. The lowest BCUT2D eigenvalue weighted by atomic mass is 10.00. The van der Waals surface area contributed by atoms with Crippen LogP contribution in [0.2, 0.25) is 0 Å². The van der Waals surface area contributed by atoms with Crippen LogP contribution in [0.25, 0.3) is 5.70 Å². The molecule has 1 aliphatic rings. The van der Waals surface area contributed by atoms with Crippen LogP contribution in [0.5, 0.6) is 0 Å². The van der Waals surface area contributed by atoms with Gasteiger partial charge in [-0.3, -0.25) is 4.79 Å². The Hall–Kier alpha value is -1.92. The van der Waals surface area contributed by atoms with Gasteiger partial charge < -0.3 is 20.5 Å². The van der Waals surface area contributed by atoms with Crippen molar-refractivity contribution in [2.24, 2.45) is 0 Å². The molecule has 2 rings (SSSR count). The fraction of sp³-hybridized carbons (Fsp3) is 0.286. The molecular weight excluding hydrogens is 276 g/mol. The predicted molar refractivity (Wildman–Crippen MR) is 80.0 cm³/mol. The Balaban J connectivity index is 2.49. The van der Waals surface area contributed by atoms with Crippen molar-refractivity contribution in [3.63, 3.8) is 0 Å². The number of thiocarbonyl (C=S) groups is 1. The number of carboxylic acids is 1. The van der Waals surface area contributed by atoms with E-state index in [0.29, 0.717) is 16.4 Å². The molecule has 20 heavy (non-hydrogen) atoms. The first kappa shape index (κ1) is 14.5. The van der Waals surface area contributed by atoms with E-state index in [1.807, 2.05) is 31.2 Å². The largest absolute Gasteiger partial charge is 0.481 e. The number of nitrogens with one attached hydrogen (secondary N) is 2. The first-order valence-electron chi connectivity index (χ1n) is 6.13. The minimum absolute atomic E-state index is 0.121. The number of benzene rings is 1. The van der Waals surface area contributed by atoms with E-state index in [0.717, 1.165) is 11.1 Å². The summed E-state index contributed by atoms with van der Waals surface area (Å²) < 4.78 is 5.29. The van der Waals surface area contributed by atoms with Gasteiger partial charge in [-0.2, -0.15) is 0 Å². The maximum Gasteiger partial charge on any atom is 0.307 e. The number of hydrogen-bond donors (Lipinski definition) is 3. The summed E-state index contributed by atoms with van der Waals surface area (Å²) in [6.45, 7) is 1.99. The van der Waals surface area contributed by atoms with Crippen LogP contribution in [0.1, 0.15) is 17.5 Å². The molecule has 0 aromatic heterocycles. The molecular formula is C14H16N2O3S. The maximum atomic E-state index is 11.1. The summed E-state index contributed by atoms with van der Waals surface area (Å²) in [6.07, 6.45) is -0.652. The number of ether oxygens (including phenoxy) is 1. The van der Waals surface area contributed by atoms with Crippen LogP contribution in [0.3, 0.4) is 0 Å². The molecule has 0 bridgehead atoms. The number of aryl methyl sites for hydroxylation is 1. The van der Waals surface area contributed by atoms with Gasteiger partial charge in [-0.15, -0.1) is 0 Å². The van der Waals surface area contributed by atoms with Crippen molar-refractivity contribution in [2.75, 3.05) is 7.11 Å². The SMILES string of the molecule is COC1NC(=S)NC(c2ccc(C)cc2)=C1CC(=O)O. The Kier molecular flexibility index (Phi) is 4.36. The summed E-state index contributed by atoms with van der Waals surface area (Å²) in [4.78, 5) is 11.1. The summed E-state index contributed by atoms with van der Waals surface area (Å²) in [5, 5.41) is 15.4. The van der Waals surface area contributed by atoms with Crippen molar-refractivity contribution in [3.05, 3.63) is 41.0 Å². The average molecular weight is 292 g/mol. The lowest BCUT2D eigenvalue weighted by Gasteiger charge is -2.30. The molecule has 0 saturated heterocycles. The third-order valence-electron chi connectivity index (χ3n) is 3.06. The molecule has 0 amide bonds. The van der Waals surface area contributed by atoms with Crippen LogP contribution >= 0.6 is 12.2 Å². The summed E-state index contributed by atoms with van der Waals surface area (Å²) in [5.41, 5.74) is 3.34. The number of carboxylic acid groups (broad SMARTS) is 1. The molecule has 0 spiro atoms. The van der Waals surface area contributed by atoms with Crippen molar-refractivity contribution < 1.29 is 14.6 Å². The molecule has 0 aliphatic carbocycles.